The van der Waals surface area contributed by atoms with Crippen LogP contribution in [-0.2, 0) is 0 Å². The van der Waals surface area contributed by atoms with E-state index in [0.717, 1.165) is 17.1 Å². The van der Waals surface area contributed by atoms with E-state index in [1.807, 2.05) is 11.3 Å². The second-order valence-corrected chi connectivity index (χ2v) is 11.7. The van der Waals surface area contributed by atoms with Gasteiger partial charge in [0.15, 0.2) is 0 Å². The summed E-state index contributed by atoms with van der Waals surface area (Å²) in [7, 11) is 0. The summed E-state index contributed by atoms with van der Waals surface area (Å²) in [4.78, 5) is 2.40. The van der Waals surface area contributed by atoms with Crippen molar-refractivity contribution in [3.05, 3.63) is 164 Å². The average molecular weight is 554 g/mol. The molecule has 7 aromatic carbocycles. The minimum absolute atomic E-state index is 1.13. The molecule has 0 aliphatic heterocycles. The Morgan fingerprint density at radius 2 is 0.952 bits per heavy atom. The Balaban J connectivity index is 1.35. The van der Waals surface area contributed by atoms with Crippen molar-refractivity contribution in [1.29, 1.82) is 0 Å². The van der Waals surface area contributed by atoms with Gasteiger partial charge in [-0.3, -0.25) is 0 Å². The summed E-state index contributed by atoms with van der Waals surface area (Å²) < 4.78 is 2.61. The zero-order chi connectivity index (χ0) is 27.9. The number of fused-ring (bicyclic) bond motifs is 4. The fourth-order valence-corrected chi connectivity index (χ4v) is 7.15. The molecule has 0 unspecified atom stereocenters. The number of nitrogens with zero attached hydrogens (tertiary/aromatic N) is 1. The molecule has 1 heterocycles. The lowest BCUT2D eigenvalue weighted by Crippen LogP contribution is -2.10. The standard InChI is InChI=1S/C40H27NS/c1-3-11-28(12-4-1)29-19-21-32(22-20-29)41(33-23-24-37-36-17-9-10-18-39(36)42-40(37)27-33)34-25-31-15-7-8-16-35(31)38(26-34)30-13-5-2-6-14-30/h1-27H. The molecule has 0 aliphatic carbocycles. The van der Waals surface area contributed by atoms with Crippen molar-refractivity contribution < 1.29 is 0 Å². The molecule has 0 saturated heterocycles. The first-order chi connectivity index (χ1) is 20.8. The SMILES string of the molecule is c1ccc(-c2ccc(N(c3cc(-c4ccccc4)c4ccccc4c3)c3ccc4c(c3)sc3ccccc34)cc2)cc1. The molecule has 198 valence electrons. The predicted molar refractivity (Wildman–Crippen MR) is 182 cm³/mol. The van der Waals surface area contributed by atoms with Gasteiger partial charge in [0.25, 0.3) is 0 Å². The first kappa shape index (κ1) is 24.6. The van der Waals surface area contributed by atoms with Gasteiger partial charge >= 0.3 is 0 Å². The van der Waals surface area contributed by atoms with Gasteiger partial charge in [-0.2, -0.15) is 0 Å². The van der Waals surface area contributed by atoms with Crippen molar-refractivity contribution >= 4 is 59.3 Å². The molecule has 1 nitrogen and oxygen atoms in total. The van der Waals surface area contributed by atoms with Gasteiger partial charge in [0.2, 0.25) is 0 Å². The van der Waals surface area contributed by atoms with Crippen LogP contribution in [-0.4, -0.2) is 0 Å². The molecule has 1 aromatic heterocycles. The molecule has 0 N–H and O–H groups in total. The fourth-order valence-electron chi connectivity index (χ4n) is 6.01. The fraction of sp³-hybridized carbons (Fsp3) is 0. The maximum absolute atomic E-state index is 2.40. The van der Waals surface area contributed by atoms with Crippen LogP contribution in [0.4, 0.5) is 17.1 Å². The van der Waals surface area contributed by atoms with Crippen molar-refractivity contribution in [3.63, 3.8) is 0 Å². The molecule has 0 aliphatic rings. The Morgan fingerprint density at radius 1 is 0.357 bits per heavy atom. The van der Waals surface area contributed by atoms with E-state index >= 15 is 0 Å². The molecule has 0 radical (unpaired) electrons. The molecule has 0 fully saturated rings. The zero-order valence-corrected chi connectivity index (χ0v) is 23.8. The molecule has 2 heteroatoms. The zero-order valence-electron chi connectivity index (χ0n) is 22.9. The van der Waals surface area contributed by atoms with E-state index in [1.54, 1.807) is 0 Å². The second-order valence-electron chi connectivity index (χ2n) is 10.6. The van der Waals surface area contributed by atoms with Crippen molar-refractivity contribution in [1.82, 2.24) is 0 Å². The Kier molecular flexibility index (Phi) is 6.05. The number of rotatable bonds is 5. The van der Waals surface area contributed by atoms with Gasteiger partial charge in [-0.15, -0.1) is 11.3 Å². The summed E-state index contributed by atoms with van der Waals surface area (Å²) in [5.41, 5.74) is 8.30. The first-order valence-corrected chi connectivity index (χ1v) is 15.1. The van der Waals surface area contributed by atoms with Gasteiger partial charge in [0, 0.05) is 37.2 Å². The lowest BCUT2D eigenvalue weighted by molar-refractivity contribution is 1.30. The van der Waals surface area contributed by atoms with Gasteiger partial charge in [0.05, 0.1) is 0 Å². The predicted octanol–water partition coefficient (Wildman–Crippen LogP) is 12.0. The summed E-state index contributed by atoms with van der Waals surface area (Å²) >= 11 is 1.86. The third-order valence-electron chi connectivity index (χ3n) is 8.04. The van der Waals surface area contributed by atoms with Gasteiger partial charge in [-0.1, -0.05) is 121 Å². The summed E-state index contributed by atoms with van der Waals surface area (Å²) in [5, 5.41) is 5.11. The third-order valence-corrected chi connectivity index (χ3v) is 9.18. The molecule has 0 bridgehead atoms. The summed E-state index contributed by atoms with van der Waals surface area (Å²) in [5.74, 6) is 0. The Morgan fingerprint density at radius 3 is 1.74 bits per heavy atom. The van der Waals surface area contributed by atoms with Crippen molar-refractivity contribution in [2.45, 2.75) is 0 Å². The first-order valence-electron chi connectivity index (χ1n) is 14.3. The van der Waals surface area contributed by atoms with E-state index < -0.39 is 0 Å². The smallest absolute Gasteiger partial charge is 0.0476 e. The highest BCUT2D eigenvalue weighted by Crippen LogP contribution is 2.43. The monoisotopic (exact) mass is 553 g/mol. The lowest BCUT2D eigenvalue weighted by Gasteiger charge is -2.27. The van der Waals surface area contributed by atoms with E-state index in [2.05, 4.69) is 169 Å². The molecule has 0 atom stereocenters. The van der Waals surface area contributed by atoms with Crippen LogP contribution in [0.5, 0.6) is 0 Å². The minimum atomic E-state index is 1.13. The number of thiophene rings is 1. The quantitative estimate of drug-likeness (QED) is 0.205. The molecular weight excluding hydrogens is 527 g/mol. The van der Waals surface area contributed by atoms with Crippen LogP contribution in [0, 0.1) is 0 Å². The molecule has 0 saturated carbocycles. The van der Waals surface area contributed by atoms with Crippen LogP contribution in [0.3, 0.4) is 0 Å². The maximum Gasteiger partial charge on any atom is 0.0476 e. The van der Waals surface area contributed by atoms with Crippen LogP contribution >= 0.6 is 11.3 Å². The Hall–Kier alpha value is -5.18. The Bertz CT molecular complexity index is 2180. The molecule has 8 rings (SSSR count). The number of benzene rings is 7. The lowest BCUT2D eigenvalue weighted by atomic mass is 9.96. The third kappa shape index (κ3) is 4.34. The van der Waals surface area contributed by atoms with Crippen LogP contribution in [0.2, 0.25) is 0 Å². The van der Waals surface area contributed by atoms with Gasteiger partial charge in [-0.05, 0) is 75.5 Å². The second kappa shape index (κ2) is 10.3. The van der Waals surface area contributed by atoms with Gasteiger partial charge in [0.1, 0.15) is 0 Å². The molecule has 0 amide bonds. The van der Waals surface area contributed by atoms with Crippen LogP contribution < -0.4 is 4.90 Å². The van der Waals surface area contributed by atoms with E-state index in [0.29, 0.717) is 0 Å². The van der Waals surface area contributed by atoms with Gasteiger partial charge < -0.3 is 4.90 Å². The van der Waals surface area contributed by atoms with Crippen molar-refractivity contribution in [2.24, 2.45) is 0 Å². The van der Waals surface area contributed by atoms with Crippen LogP contribution in [0.25, 0.3) is 53.2 Å². The molecular formula is C40H27NS. The van der Waals surface area contributed by atoms with E-state index in [4.69, 9.17) is 0 Å². The Labute approximate surface area is 249 Å². The highest BCUT2D eigenvalue weighted by atomic mass is 32.1. The van der Waals surface area contributed by atoms with E-state index in [9.17, 15) is 0 Å². The topological polar surface area (TPSA) is 3.24 Å². The maximum atomic E-state index is 2.40. The van der Waals surface area contributed by atoms with E-state index in [-0.39, 0.29) is 0 Å². The van der Waals surface area contributed by atoms with Crippen LogP contribution in [0.15, 0.2) is 164 Å². The average Bonchev–Trinajstić information content (AvgIpc) is 3.44. The highest BCUT2D eigenvalue weighted by molar-refractivity contribution is 7.25. The minimum Gasteiger partial charge on any atom is -0.310 e. The van der Waals surface area contributed by atoms with Crippen LogP contribution in [0.1, 0.15) is 0 Å². The largest absolute Gasteiger partial charge is 0.310 e. The number of hydrogen-bond acceptors (Lipinski definition) is 2. The molecule has 0 spiro atoms. The summed E-state index contributed by atoms with van der Waals surface area (Å²) in [6.07, 6.45) is 0. The van der Waals surface area contributed by atoms with E-state index in [1.165, 1.54) is 53.2 Å². The molecule has 42 heavy (non-hydrogen) atoms. The normalized spacial score (nSPS) is 11.3. The number of anilines is 3. The molecule has 8 aromatic rings. The number of hydrogen-bond donors (Lipinski definition) is 0. The summed E-state index contributed by atoms with van der Waals surface area (Å²) in [6, 6.07) is 59.2. The van der Waals surface area contributed by atoms with Crippen molar-refractivity contribution in [2.75, 3.05) is 4.90 Å². The summed E-state index contributed by atoms with van der Waals surface area (Å²) in [6.45, 7) is 0. The van der Waals surface area contributed by atoms with Gasteiger partial charge in [-0.25, -0.2) is 0 Å². The highest BCUT2D eigenvalue weighted by Gasteiger charge is 2.17. The van der Waals surface area contributed by atoms with Crippen molar-refractivity contribution in [3.8, 4) is 22.3 Å².